The third-order valence-corrected chi connectivity index (χ3v) is 3.29. The normalized spacial score (nSPS) is 9.82. The first kappa shape index (κ1) is 20.4. The number of nitrogens with zero attached hydrogens (tertiary/aromatic N) is 2. The quantitative estimate of drug-likeness (QED) is 0.736. The molecule has 120 valence electrons. The summed E-state index contributed by atoms with van der Waals surface area (Å²) in [5.41, 5.74) is 4.87. The fourth-order valence-corrected chi connectivity index (χ4v) is 1.96. The number of rotatable bonds is 4. The fourth-order valence-electron chi connectivity index (χ4n) is 1.96. The van der Waals surface area contributed by atoms with Crippen LogP contribution in [0, 0.1) is 0 Å². The lowest BCUT2D eigenvalue weighted by atomic mass is 10.1. The Morgan fingerprint density at radius 3 is 1.05 bits per heavy atom. The minimum atomic E-state index is 0. The summed E-state index contributed by atoms with van der Waals surface area (Å²) in [6.45, 7) is 0. The summed E-state index contributed by atoms with van der Waals surface area (Å²) < 4.78 is 0. The van der Waals surface area contributed by atoms with Crippen LogP contribution in [0.3, 0.4) is 0 Å². The van der Waals surface area contributed by atoms with E-state index in [4.69, 9.17) is 0 Å². The maximum atomic E-state index is 2.14. The first-order valence-electron chi connectivity index (χ1n) is 6.79. The van der Waals surface area contributed by atoms with Crippen LogP contribution in [0.4, 0.5) is 11.4 Å². The predicted molar refractivity (Wildman–Crippen MR) is 105 cm³/mol. The molecule has 2 rings (SSSR count). The highest BCUT2D eigenvalue weighted by Gasteiger charge is 1.95. The lowest BCUT2D eigenvalue weighted by Crippen LogP contribution is -2.07. The lowest BCUT2D eigenvalue weighted by molar-refractivity contribution is 1.13. The largest absolute Gasteiger partial charge is 0.378 e. The Kier molecular flexibility index (Phi) is 8.69. The van der Waals surface area contributed by atoms with Gasteiger partial charge in [-0.05, 0) is 35.4 Å². The average molecular weight is 339 g/mol. The first-order valence-corrected chi connectivity index (χ1v) is 6.79. The van der Waals surface area contributed by atoms with Crippen molar-refractivity contribution in [2.75, 3.05) is 38.0 Å². The van der Waals surface area contributed by atoms with Gasteiger partial charge in [-0.25, -0.2) is 0 Å². The highest BCUT2D eigenvalue weighted by atomic mass is 35.5. The van der Waals surface area contributed by atoms with Crippen LogP contribution in [0.25, 0.3) is 12.2 Å². The summed E-state index contributed by atoms with van der Waals surface area (Å²) in [5, 5.41) is 0. The van der Waals surface area contributed by atoms with E-state index in [0.717, 1.165) is 0 Å². The van der Waals surface area contributed by atoms with Gasteiger partial charge in [-0.15, -0.1) is 24.8 Å². The second kappa shape index (κ2) is 9.39. The molecule has 0 heterocycles. The zero-order valence-corrected chi connectivity index (χ0v) is 15.1. The summed E-state index contributed by atoms with van der Waals surface area (Å²) in [6, 6.07) is 17.1. The molecule has 0 N–H and O–H groups in total. The Hall–Kier alpha value is -1.64. The van der Waals surface area contributed by atoms with Gasteiger partial charge in [-0.2, -0.15) is 0 Å². The van der Waals surface area contributed by atoms with Gasteiger partial charge >= 0.3 is 0 Å². The van der Waals surface area contributed by atoms with Crippen molar-refractivity contribution in [2.45, 2.75) is 0 Å². The fraction of sp³-hybridized carbons (Fsp3) is 0.222. The Morgan fingerprint density at radius 1 is 0.545 bits per heavy atom. The Morgan fingerprint density at radius 2 is 0.818 bits per heavy atom. The zero-order valence-electron chi connectivity index (χ0n) is 13.5. The second-order valence-corrected chi connectivity index (χ2v) is 5.31. The maximum Gasteiger partial charge on any atom is 0.0361 e. The zero-order chi connectivity index (χ0) is 14.5. The van der Waals surface area contributed by atoms with Crippen molar-refractivity contribution in [3.05, 3.63) is 59.7 Å². The Labute approximate surface area is 146 Å². The molecule has 0 saturated carbocycles. The second-order valence-electron chi connectivity index (χ2n) is 5.31. The third-order valence-electron chi connectivity index (χ3n) is 3.29. The molecule has 0 aliphatic rings. The van der Waals surface area contributed by atoms with Crippen molar-refractivity contribution < 1.29 is 0 Å². The maximum absolute atomic E-state index is 2.14. The van der Waals surface area contributed by atoms with Crippen molar-refractivity contribution in [1.29, 1.82) is 0 Å². The van der Waals surface area contributed by atoms with Gasteiger partial charge in [0.1, 0.15) is 0 Å². The molecule has 0 unspecified atom stereocenters. The molecular formula is C18H24Cl2N2. The molecule has 0 bridgehead atoms. The number of halogens is 2. The predicted octanol–water partition coefficient (Wildman–Crippen LogP) is 4.83. The molecule has 2 nitrogen and oxygen atoms in total. The Bertz CT molecular complexity index is 520. The van der Waals surface area contributed by atoms with E-state index in [1.165, 1.54) is 22.5 Å². The molecule has 0 fully saturated rings. The molecule has 4 heteroatoms. The number of hydrogen-bond donors (Lipinski definition) is 0. The summed E-state index contributed by atoms with van der Waals surface area (Å²) in [5.74, 6) is 0. The monoisotopic (exact) mass is 338 g/mol. The molecular weight excluding hydrogens is 315 g/mol. The van der Waals surface area contributed by atoms with Crippen LogP contribution in [0.5, 0.6) is 0 Å². The van der Waals surface area contributed by atoms with Crippen molar-refractivity contribution in [2.24, 2.45) is 0 Å². The van der Waals surface area contributed by atoms with E-state index in [0.29, 0.717) is 0 Å². The highest BCUT2D eigenvalue weighted by Crippen LogP contribution is 2.16. The molecule has 2 aromatic rings. The van der Waals surface area contributed by atoms with Gasteiger partial charge in [0.25, 0.3) is 0 Å². The van der Waals surface area contributed by atoms with Crippen LogP contribution >= 0.6 is 24.8 Å². The van der Waals surface area contributed by atoms with E-state index < -0.39 is 0 Å². The number of hydrogen-bond acceptors (Lipinski definition) is 2. The Balaban J connectivity index is 0.00000220. The standard InChI is InChI=1S/C18H22N2.2ClH/c1-19(2)17-11-7-15(8-12-17)5-6-16-9-13-18(14-10-16)20(3)4;;/h5-14H,1-4H3;2*1H/b6-5+;;. The van der Waals surface area contributed by atoms with Gasteiger partial charge < -0.3 is 9.80 Å². The molecule has 0 radical (unpaired) electrons. The molecule has 0 amide bonds. The van der Waals surface area contributed by atoms with Crippen LogP contribution in [-0.2, 0) is 0 Å². The molecule has 0 aliphatic heterocycles. The first-order chi connectivity index (χ1) is 9.56. The summed E-state index contributed by atoms with van der Waals surface area (Å²) in [6.07, 6.45) is 4.29. The minimum Gasteiger partial charge on any atom is -0.378 e. The molecule has 0 aromatic heterocycles. The molecule has 0 spiro atoms. The number of benzene rings is 2. The van der Waals surface area contributed by atoms with Gasteiger partial charge in [-0.3, -0.25) is 0 Å². The van der Waals surface area contributed by atoms with Crippen molar-refractivity contribution >= 4 is 48.3 Å². The minimum absolute atomic E-state index is 0. The van der Waals surface area contributed by atoms with E-state index >= 15 is 0 Å². The number of anilines is 2. The molecule has 0 saturated heterocycles. The summed E-state index contributed by atoms with van der Waals surface area (Å²) in [4.78, 5) is 4.21. The van der Waals surface area contributed by atoms with Gasteiger partial charge in [-0.1, -0.05) is 36.4 Å². The molecule has 0 aliphatic carbocycles. The van der Waals surface area contributed by atoms with Crippen LogP contribution in [0.2, 0.25) is 0 Å². The van der Waals surface area contributed by atoms with Crippen LogP contribution in [0.1, 0.15) is 11.1 Å². The summed E-state index contributed by atoms with van der Waals surface area (Å²) in [7, 11) is 8.21. The van der Waals surface area contributed by atoms with Gasteiger partial charge in [0.05, 0.1) is 0 Å². The molecule has 22 heavy (non-hydrogen) atoms. The van der Waals surface area contributed by atoms with Gasteiger partial charge in [0.2, 0.25) is 0 Å². The van der Waals surface area contributed by atoms with Crippen LogP contribution in [0.15, 0.2) is 48.5 Å². The SMILES string of the molecule is CN(C)c1ccc(/C=C/c2ccc(N(C)C)cc2)cc1.Cl.Cl. The van der Waals surface area contributed by atoms with E-state index in [1.807, 2.05) is 0 Å². The lowest BCUT2D eigenvalue weighted by Gasteiger charge is -2.12. The van der Waals surface area contributed by atoms with Gasteiger partial charge in [0, 0.05) is 39.6 Å². The van der Waals surface area contributed by atoms with E-state index in [1.54, 1.807) is 0 Å². The molecule has 0 atom stereocenters. The molecule has 2 aromatic carbocycles. The highest BCUT2D eigenvalue weighted by molar-refractivity contribution is 5.85. The van der Waals surface area contributed by atoms with E-state index in [-0.39, 0.29) is 24.8 Å². The van der Waals surface area contributed by atoms with Crippen LogP contribution < -0.4 is 9.80 Å². The smallest absolute Gasteiger partial charge is 0.0361 e. The van der Waals surface area contributed by atoms with E-state index in [2.05, 4.69) is 98.7 Å². The van der Waals surface area contributed by atoms with Crippen LogP contribution in [-0.4, -0.2) is 28.2 Å². The van der Waals surface area contributed by atoms with Gasteiger partial charge in [0.15, 0.2) is 0 Å². The van der Waals surface area contributed by atoms with Crippen molar-refractivity contribution in [3.8, 4) is 0 Å². The topological polar surface area (TPSA) is 6.48 Å². The van der Waals surface area contributed by atoms with E-state index in [9.17, 15) is 0 Å². The average Bonchev–Trinajstić information content (AvgIpc) is 2.46. The van der Waals surface area contributed by atoms with Crippen molar-refractivity contribution in [3.63, 3.8) is 0 Å². The third kappa shape index (κ3) is 5.63. The summed E-state index contributed by atoms with van der Waals surface area (Å²) >= 11 is 0. The van der Waals surface area contributed by atoms with Crippen molar-refractivity contribution in [1.82, 2.24) is 0 Å².